The van der Waals surface area contributed by atoms with Gasteiger partial charge in [0.15, 0.2) is 11.6 Å². The lowest BCUT2D eigenvalue weighted by Crippen LogP contribution is -2.29. The minimum Gasteiger partial charge on any atom is -0.491 e. The van der Waals surface area contributed by atoms with E-state index in [0.29, 0.717) is 40.8 Å². The molecule has 3 heterocycles. The van der Waals surface area contributed by atoms with Crippen molar-refractivity contribution in [1.29, 1.82) is 0 Å². The van der Waals surface area contributed by atoms with Gasteiger partial charge in [0.2, 0.25) is 0 Å². The number of amides is 1. The van der Waals surface area contributed by atoms with E-state index in [1.54, 1.807) is 36.5 Å². The molecular formula is C23H20FN7O2. The highest BCUT2D eigenvalue weighted by molar-refractivity contribution is 5.95. The van der Waals surface area contributed by atoms with Gasteiger partial charge in [0.25, 0.3) is 5.91 Å². The van der Waals surface area contributed by atoms with Crippen LogP contribution in [0, 0.1) is 5.82 Å². The molecule has 9 nitrogen and oxygen atoms in total. The number of halogens is 1. The maximum absolute atomic E-state index is 13.6. The molecule has 0 radical (unpaired) electrons. The Bertz CT molecular complexity index is 1310. The number of fused-ring (bicyclic) bond motifs is 1. The van der Waals surface area contributed by atoms with Crippen LogP contribution in [-0.2, 0) is 13.6 Å². The Morgan fingerprint density at radius 2 is 2.12 bits per heavy atom. The summed E-state index contributed by atoms with van der Waals surface area (Å²) in [7, 11) is 1.86. The topological polar surface area (TPSA) is 107 Å². The first kappa shape index (κ1) is 20.6. The lowest BCUT2D eigenvalue weighted by atomic mass is 10.1. The van der Waals surface area contributed by atoms with E-state index in [-0.39, 0.29) is 18.3 Å². The van der Waals surface area contributed by atoms with Gasteiger partial charge in [-0.15, -0.1) is 10.2 Å². The smallest absolute Gasteiger partial charge is 0.251 e. The predicted molar refractivity (Wildman–Crippen MR) is 118 cm³/mol. The average Bonchev–Trinajstić information content (AvgIpc) is 3.41. The first-order chi connectivity index (χ1) is 16.1. The standard InChI is InChI=1S/C23H20FN7O2/c1-31-21(29-30-22(31)18-7-8-25-13-27-18)11-26-16-4-2-3-14(9-16)23(32)28-19-12-33-20-6-5-15(24)10-17(19)20/h2-10,13,19,26H,11-12H2,1H3,(H,28,32). The number of nitrogens with zero attached hydrogens (tertiary/aromatic N) is 5. The van der Waals surface area contributed by atoms with Crippen LogP contribution in [0.15, 0.2) is 61.1 Å². The highest BCUT2D eigenvalue weighted by atomic mass is 19.1. The van der Waals surface area contributed by atoms with Gasteiger partial charge < -0.3 is 19.9 Å². The highest BCUT2D eigenvalue weighted by Crippen LogP contribution is 2.32. The molecule has 4 aromatic rings. The molecule has 1 amide bonds. The van der Waals surface area contributed by atoms with Gasteiger partial charge in [0, 0.05) is 30.1 Å². The van der Waals surface area contributed by atoms with Crippen LogP contribution in [0.3, 0.4) is 0 Å². The Morgan fingerprint density at radius 1 is 1.21 bits per heavy atom. The Hall–Kier alpha value is -4.34. The zero-order valence-corrected chi connectivity index (χ0v) is 17.7. The van der Waals surface area contributed by atoms with Crippen LogP contribution in [0.25, 0.3) is 11.5 Å². The summed E-state index contributed by atoms with van der Waals surface area (Å²) in [6.45, 7) is 0.673. The second-order valence-corrected chi connectivity index (χ2v) is 7.55. The molecule has 10 heteroatoms. The fraction of sp³-hybridized carbons (Fsp3) is 0.174. The summed E-state index contributed by atoms with van der Waals surface area (Å²) in [5, 5.41) is 14.6. The number of anilines is 1. The average molecular weight is 445 g/mol. The van der Waals surface area contributed by atoms with Crippen LogP contribution >= 0.6 is 0 Å². The molecular weight excluding hydrogens is 425 g/mol. The molecule has 0 fully saturated rings. The van der Waals surface area contributed by atoms with Crippen LogP contribution < -0.4 is 15.4 Å². The summed E-state index contributed by atoms with van der Waals surface area (Å²) in [5.41, 5.74) is 2.55. The van der Waals surface area contributed by atoms with Crippen molar-refractivity contribution in [3.05, 3.63) is 83.8 Å². The number of carbonyl (C=O) groups is 1. The largest absolute Gasteiger partial charge is 0.491 e. The van der Waals surface area contributed by atoms with Crippen molar-refractivity contribution < 1.29 is 13.9 Å². The predicted octanol–water partition coefficient (Wildman–Crippen LogP) is 2.89. The Morgan fingerprint density at radius 3 is 2.97 bits per heavy atom. The molecule has 2 N–H and O–H groups in total. The van der Waals surface area contributed by atoms with Crippen molar-refractivity contribution in [3.8, 4) is 17.3 Å². The summed E-state index contributed by atoms with van der Waals surface area (Å²) in [4.78, 5) is 20.9. The zero-order valence-electron chi connectivity index (χ0n) is 17.7. The molecule has 1 atom stereocenters. The van der Waals surface area contributed by atoms with E-state index in [1.807, 2.05) is 17.7 Å². The molecule has 0 bridgehead atoms. The van der Waals surface area contributed by atoms with Crippen LogP contribution in [0.5, 0.6) is 5.75 Å². The van der Waals surface area contributed by atoms with Gasteiger partial charge in [-0.2, -0.15) is 0 Å². The third kappa shape index (κ3) is 4.22. The van der Waals surface area contributed by atoms with E-state index in [0.717, 1.165) is 5.69 Å². The highest BCUT2D eigenvalue weighted by Gasteiger charge is 2.26. The second kappa shape index (κ2) is 8.65. The summed E-state index contributed by atoms with van der Waals surface area (Å²) >= 11 is 0. The van der Waals surface area contributed by atoms with E-state index in [2.05, 4.69) is 30.8 Å². The van der Waals surface area contributed by atoms with E-state index < -0.39 is 6.04 Å². The Labute approximate surface area is 188 Å². The molecule has 166 valence electrons. The number of hydrogen-bond donors (Lipinski definition) is 2. The number of ether oxygens (including phenoxy) is 1. The summed E-state index contributed by atoms with van der Waals surface area (Å²) < 4.78 is 21.0. The van der Waals surface area contributed by atoms with E-state index in [4.69, 9.17) is 4.74 Å². The monoisotopic (exact) mass is 445 g/mol. The second-order valence-electron chi connectivity index (χ2n) is 7.55. The van der Waals surface area contributed by atoms with E-state index in [1.165, 1.54) is 18.5 Å². The number of benzene rings is 2. The fourth-order valence-corrected chi connectivity index (χ4v) is 3.66. The maximum atomic E-state index is 13.6. The molecule has 1 aliphatic heterocycles. The number of nitrogens with one attached hydrogen (secondary N) is 2. The van der Waals surface area contributed by atoms with Crippen molar-refractivity contribution in [1.82, 2.24) is 30.0 Å². The number of hydrogen-bond acceptors (Lipinski definition) is 7. The van der Waals surface area contributed by atoms with Crippen molar-refractivity contribution in [2.24, 2.45) is 7.05 Å². The first-order valence-corrected chi connectivity index (χ1v) is 10.3. The first-order valence-electron chi connectivity index (χ1n) is 10.3. The molecule has 33 heavy (non-hydrogen) atoms. The third-order valence-electron chi connectivity index (χ3n) is 5.41. The fourth-order valence-electron chi connectivity index (χ4n) is 3.66. The molecule has 0 spiro atoms. The van der Waals surface area contributed by atoms with Gasteiger partial charge in [-0.1, -0.05) is 6.07 Å². The Kier molecular flexibility index (Phi) is 5.39. The molecule has 5 rings (SSSR count). The molecule has 1 unspecified atom stereocenters. The van der Waals surface area contributed by atoms with Crippen molar-refractivity contribution in [2.75, 3.05) is 11.9 Å². The molecule has 2 aromatic carbocycles. The quantitative estimate of drug-likeness (QED) is 0.470. The molecule has 0 saturated carbocycles. The Balaban J connectivity index is 1.26. The summed E-state index contributed by atoms with van der Waals surface area (Å²) in [6, 6.07) is 12.8. The van der Waals surface area contributed by atoms with Gasteiger partial charge in [0.05, 0.1) is 12.6 Å². The SMILES string of the molecule is Cn1c(CNc2cccc(C(=O)NC3COc4ccc(F)cc43)c2)nnc1-c1ccncn1. The van der Waals surface area contributed by atoms with Crippen molar-refractivity contribution >= 4 is 11.6 Å². The summed E-state index contributed by atoms with van der Waals surface area (Å²) in [6.07, 6.45) is 3.11. The zero-order chi connectivity index (χ0) is 22.8. The van der Waals surface area contributed by atoms with Gasteiger partial charge in [-0.3, -0.25) is 4.79 Å². The maximum Gasteiger partial charge on any atom is 0.251 e. The third-order valence-corrected chi connectivity index (χ3v) is 5.41. The molecule has 0 saturated heterocycles. The number of rotatable bonds is 6. The lowest BCUT2D eigenvalue weighted by Gasteiger charge is -2.13. The van der Waals surface area contributed by atoms with E-state index >= 15 is 0 Å². The van der Waals surface area contributed by atoms with E-state index in [9.17, 15) is 9.18 Å². The van der Waals surface area contributed by atoms with Gasteiger partial charge in [0.1, 0.15) is 30.2 Å². The minimum absolute atomic E-state index is 0.267. The van der Waals surface area contributed by atoms with Gasteiger partial charge in [-0.05, 0) is 42.5 Å². The molecule has 2 aromatic heterocycles. The van der Waals surface area contributed by atoms with Gasteiger partial charge in [-0.25, -0.2) is 14.4 Å². The van der Waals surface area contributed by atoms with Crippen molar-refractivity contribution in [2.45, 2.75) is 12.6 Å². The summed E-state index contributed by atoms with van der Waals surface area (Å²) in [5.74, 6) is 1.30. The van der Waals surface area contributed by atoms with Crippen LogP contribution in [0.1, 0.15) is 27.8 Å². The number of aromatic nitrogens is 5. The normalized spacial score (nSPS) is 14.4. The van der Waals surface area contributed by atoms with Crippen LogP contribution in [-0.4, -0.2) is 37.2 Å². The number of carbonyl (C=O) groups excluding carboxylic acids is 1. The molecule has 1 aliphatic rings. The van der Waals surface area contributed by atoms with Crippen molar-refractivity contribution in [3.63, 3.8) is 0 Å². The molecule has 0 aliphatic carbocycles. The van der Waals surface area contributed by atoms with Gasteiger partial charge >= 0.3 is 0 Å². The van der Waals surface area contributed by atoms with Crippen LogP contribution in [0.2, 0.25) is 0 Å². The lowest BCUT2D eigenvalue weighted by molar-refractivity contribution is 0.0930. The minimum atomic E-state index is -0.404. The van der Waals surface area contributed by atoms with Crippen LogP contribution in [0.4, 0.5) is 10.1 Å².